The molecule has 0 radical (unpaired) electrons. The van der Waals surface area contributed by atoms with Crippen molar-refractivity contribution in [2.75, 3.05) is 55.9 Å². The largest absolute Gasteiger partial charge is 0.708 e. The Morgan fingerprint density at radius 3 is 1.18 bits per heavy atom. The van der Waals surface area contributed by atoms with Crippen LogP contribution in [-0.4, -0.2) is 93.7 Å². The Morgan fingerprint density at radius 1 is 0.618 bits per heavy atom. The molecule has 206 valence electrons. The van der Waals surface area contributed by atoms with Crippen molar-refractivity contribution in [1.29, 1.82) is 0 Å². The molecule has 0 aliphatic carbocycles. The van der Waals surface area contributed by atoms with E-state index in [1.54, 1.807) is 42.7 Å². The van der Waals surface area contributed by atoms with Gasteiger partial charge < -0.3 is 39.8 Å². The Labute approximate surface area is 209 Å². The van der Waals surface area contributed by atoms with Crippen molar-refractivity contribution in [3.8, 4) is 0 Å². The van der Waals surface area contributed by atoms with Gasteiger partial charge in [0.05, 0.1) is 22.3 Å². The lowest BCUT2D eigenvalue weighted by Crippen LogP contribution is -2.66. The third-order valence-corrected chi connectivity index (χ3v) is 14.8. The van der Waals surface area contributed by atoms with Crippen molar-refractivity contribution in [3.05, 3.63) is 0 Å². The van der Waals surface area contributed by atoms with Crippen LogP contribution in [0.25, 0.3) is 0 Å². The molecule has 0 saturated carbocycles. The third kappa shape index (κ3) is 7.85. The van der Waals surface area contributed by atoms with Gasteiger partial charge in [-0.3, -0.25) is 0 Å². The standard InChI is InChI=1S/C20H48O11Si3/c1-15-27-34(28-16-2,31-29-19(5,6)7)30-20(8,17(3)32(21-9,22-10)23-11)18(4)33(24-12,25-13)26-14/h17-18H,15-16H2,1-14H3. The Morgan fingerprint density at radius 2 is 0.941 bits per heavy atom. The lowest BCUT2D eigenvalue weighted by molar-refractivity contribution is -0.331. The Kier molecular flexibility index (Phi) is 14.3. The zero-order valence-corrected chi connectivity index (χ0v) is 26.6. The predicted molar refractivity (Wildman–Crippen MR) is 133 cm³/mol. The molecular weight excluding hydrogens is 500 g/mol. The van der Waals surface area contributed by atoms with Gasteiger partial charge in [0, 0.05) is 55.9 Å². The third-order valence-electron chi connectivity index (χ3n) is 5.87. The second-order valence-electron chi connectivity index (χ2n) is 8.81. The zero-order chi connectivity index (χ0) is 26.8. The van der Waals surface area contributed by atoms with Crippen LogP contribution in [0.5, 0.6) is 0 Å². The molecule has 0 rings (SSSR count). The van der Waals surface area contributed by atoms with Crippen molar-refractivity contribution in [1.82, 2.24) is 0 Å². The van der Waals surface area contributed by atoms with E-state index in [-0.39, 0.29) is 13.2 Å². The van der Waals surface area contributed by atoms with Gasteiger partial charge in [-0.15, -0.1) is 0 Å². The van der Waals surface area contributed by atoms with E-state index in [1.807, 2.05) is 55.4 Å². The molecule has 0 bridgehead atoms. The SMILES string of the molecule is CCO[Si](OCC)(OOC(C)(C)C)OC(C)(C(C)[Si](OC)(OC)OC)C(C)[Si](OC)(OC)OC. The van der Waals surface area contributed by atoms with Crippen LogP contribution < -0.4 is 0 Å². The van der Waals surface area contributed by atoms with Crippen molar-refractivity contribution < 1.29 is 49.3 Å². The number of hydrogen-bond donors (Lipinski definition) is 0. The van der Waals surface area contributed by atoms with Gasteiger partial charge in [0.15, 0.2) is 0 Å². The highest BCUT2D eigenvalue weighted by Gasteiger charge is 2.67. The first-order chi connectivity index (χ1) is 15.7. The van der Waals surface area contributed by atoms with Crippen LogP contribution in [0.4, 0.5) is 0 Å². The highest BCUT2D eigenvalue weighted by Crippen LogP contribution is 2.50. The van der Waals surface area contributed by atoms with E-state index in [9.17, 15) is 0 Å². The molecule has 0 aromatic carbocycles. The first kappa shape index (κ1) is 34.2. The summed E-state index contributed by atoms with van der Waals surface area (Å²) < 4.78 is 59.6. The second-order valence-corrected chi connectivity index (χ2v) is 17.4. The minimum atomic E-state index is -3.91. The molecule has 34 heavy (non-hydrogen) atoms. The van der Waals surface area contributed by atoms with Crippen LogP contribution >= 0.6 is 0 Å². The molecule has 14 heteroatoms. The first-order valence-corrected chi connectivity index (χ1v) is 16.6. The van der Waals surface area contributed by atoms with Crippen LogP contribution in [0.15, 0.2) is 0 Å². The fourth-order valence-corrected chi connectivity index (χ4v) is 11.6. The van der Waals surface area contributed by atoms with Crippen molar-refractivity contribution in [2.24, 2.45) is 0 Å². The van der Waals surface area contributed by atoms with Gasteiger partial charge >= 0.3 is 26.7 Å². The molecule has 0 heterocycles. The van der Waals surface area contributed by atoms with Gasteiger partial charge in [-0.05, 0) is 41.5 Å². The molecule has 0 spiro atoms. The molecule has 0 saturated heterocycles. The molecule has 2 unspecified atom stereocenters. The Hall–Kier alpha value is 0.211. The average molecular weight is 549 g/mol. The maximum atomic E-state index is 6.79. The van der Waals surface area contributed by atoms with Gasteiger partial charge in [-0.25, -0.2) is 4.89 Å². The van der Waals surface area contributed by atoms with Crippen LogP contribution in [0.1, 0.15) is 55.4 Å². The summed E-state index contributed by atoms with van der Waals surface area (Å²) in [4.78, 5) is 5.66. The molecular formula is C20H48O11Si3. The zero-order valence-electron chi connectivity index (χ0n) is 23.6. The van der Waals surface area contributed by atoms with Crippen molar-refractivity contribution >= 4 is 26.7 Å². The van der Waals surface area contributed by atoms with Gasteiger partial charge in [0.2, 0.25) is 0 Å². The summed E-state index contributed by atoms with van der Waals surface area (Å²) >= 11 is 0. The van der Waals surface area contributed by atoms with E-state index in [1.165, 1.54) is 0 Å². The van der Waals surface area contributed by atoms with E-state index in [0.717, 1.165) is 0 Å². The van der Waals surface area contributed by atoms with E-state index < -0.39 is 48.9 Å². The van der Waals surface area contributed by atoms with Crippen molar-refractivity contribution in [2.45, 2.75) is 77.7 Å². The van der Waals surface area contributed by atoms with Crippen LogP contribution in [-0.2, 0) is 49.3 Å². The fourth-order valence-electron chi connectivity index (χ4n) is 3.78. The van der Waals surface area contributed by atoms with E-state index in [2.05, 4.69) is 0 Å². The molecule has 0 aromatic heterocycles. The topological polar surface area (TPSA) is 102 Å². The first-order valence-electron chi connectivity index (χ1n) is 11.4. The molecule has 0 aromatic rings. The van der Waals surface area contributed by atoms with Gasteiger partial charge in [0.1, 0.15) is 0 Å². The summed E-state index contributed by atoms with van der Waals surface area (Å²) in [5, 5.41) is 0. The van der Waals surface area contributed by atoms with Crippen molar-refractivity contribution in [3.63, 3.8) is 0 Å². The minimum absolute atomic E-state index is 0.265. The van der Waals surface area contributed by atoms with Crippen LogP contribution in [0.2, 0.25) is 11.1 Å². The van der Waals surface area contributed by atoms with E-state index in [4.69, 9.17) is 49.3 Å². The smallest absolute Gasteiger partial charge is 0.377 e. The van der Waals surface area contributed by atoms with E-state index in [0.29, 0.717) is 0 Å². The highest BCUT2D eigenvalue weighted by molar-refractivity contribution is 6.65. The molecule has 0 N–H and O–H groups in total. The summed E-state index contributed by atoms with van der Waals surface area (Å²) in [6, 6.07) is 0. The normalized spacial score (nSPS) is 17.5. The fraction of sp³-hybridized carbons (Fsp3) is 1.00. The maximum Gasteiger partial charge on any atom is 0.708 e. The van der Waals surface area contributed by atoms with Gasteiger partial charge in [-0.2, -0.15) is 4.58 Å². The lowest BCUT2D eigenvalue weighted by atomic mass is 9.99. The summed E-state index contributed by atoms with van der Waals surface area (Å²) in [6.45, 7) is 15.5. The molecule has 0 amide bonds. The number of hydrogen-bond acceptors (Lipinski definition) is 11. The summed E-state index contributed by atoms with van der Waals surface area (Å²) in [6.07, 6.45) is 0. The molecule has 0 aliphatic heterocycles. The molecule has 2 atom stereocenters. The monoisotopic (exact) mass is 548 g/mol. The predicted octanol–water partition coefficient (Wildman–Crippen LogP) is 3.55. The lowest BCUT2D eigenvalue weighted by Gasteiger charge is -2.50. The van der Waals surface area contributed by atoms with Crippen LogP contribution in [0.3, 0.4) is 0 Å². The van der Waals surface area contributed by atoms with Crippen LogP contribution in [0, 0.1) is 0 Å². The van der Waals surface area contributed by atoms with Gasteiger partial charge in [0.25, 0.3) is 0 Å². The number of rotatable bonds is 18. The quantitative estimate of drug-likeness (QED) is 0.143. The van der Waals surface area contributed by atoms with Gasteiger partial charge in [-0.1, -0.05) is 13.8 Å². The second kappa shape index (κ2) is 14.2. The van der Waals surface area contributed by atoms with E-state index >= 15 is 0 Å². The Balaban J connectivity index is 6.93. The molecule has 0 fully saturated rings. The maximum absolute atomic E-state index is 6.79. The average Bonchev–Trinajstić information content (AvgIpc) is 2.80. The summed E-state index contributed by atoms with van der Waals surface area (Å²) in [5.74, 6) is 0. The Bertz CT molecular complexity index is 520. The molecule has 11 nitrogen and oxygen atoms in total. The summed E-state index contributed by atoms with van der Waals surface area (Å²) in [5.41, 5.74) is -2.76. The highest BCUT2D eigenvalue weighted by atomic mass is 28.4. The minimum Gasteiger partial charge on any atom is -0.377 e. The summed E-state index contributed by atoms with van der Waals surface area (Å²) in [7, 11) is -1.23. The molecule has 0 aliphatic rings.